The molecule has 8 atom stereocenters. The molecule has 8 aromatic carbocycles. The van der Waals surface area contributed by atoms with Gasteiger partial charge < -0.3 is 29.6 Å². The average molecular weight is 1570 g/mol. The molecule has 26 heteroatoms. The van der Waals surface area contributed by atoms with E-state index in [1.807, 2.05) is 158 Å². The van der Waals surface area contributed by atoms with Crippen molar-refractivity contribution in [2.75, 3.05) is 37.9 Å². The molecule has 546 valence electrons. The lowest BCUT2D eigenvalue weighted by molar-refractivity contribution is -0.223. The lowest BCUT2D eigenvalue weighted by atomic mass is 9.54. The molecule has 14 rings (SSSR count). The van der Waals surface area contributed by atoms with Gasteiger partial charge in [-0.15, -0.1) is 0 Å². The normalized spacial score (nSPS) is 24.8. The molecule has 0 spiro atoms. The van der Waals surface area contributed by atoms with Crippen LogP contribution in [0.15, 0.2) is 231 Å². The van der Waals surface area contributed by atoms with Crippen molar-refractivity contribution in [1.29, 1.82) is 0 Å². The van der Waals surface area contributed by atoms with Gasteiger partial charge in [-0.25, -0.2) is 0 Å². The highest BCUT2D eigenvalue weighted by Gasteiger charge is 2.87. The van der Waals surface area contributed by atoms with Crippen LogP contribution in [-0.2, 0) is 77.6 Å². The molecule has 4 fully saturated rings. The second kappa shape index (κ2) is 29.5. The molecular formula is C80H76N6O12S8. The summed E-state index contributed by atoms with van der Waals surface area (Å²) in [6.07, 6.45) is -3.14. The van der Waals surface area contributed by atoms with Crippen molar-refractivity contribution in [1.82, 2.24) is 19.6 Å². The number of carbonyl (C=O) groups excluding carboxylic acids is 8. The second-order valence-electron chi connectivity index (χ2n) is 27.6. The zero-order valence-electron chi connectivity index (χ0n) is 59.0. The van der Waals surface area contributed by atoms with Gasteiger partial charge in [0.25, 0.3) is 23.6 Å². The predicted octanol–water partition coefficient (Wildman–Crippen LogP) is 15.4. The van der Waals surface area contributed by atoms with E-state index in [0.717, 1.165) is 78.6 Å². The third-order valence-electron chi connectivity index (χ3n) is 21.2. The number of benzene rings is 8. The van der Waals surface area contributed by atoms with Gasteiger partial charge in [-0.3, -0.25) is 58.0 Å². The van der Waals surface area contributed by atoms with Crippen molar-refractivity contribution < 1.29 is 57.3 Å². The van der Waals surface area contributed by atoms with Crippen molar-refractivity contribution in [3.8, 4) is 0 Å². The summed E-state index contributed by atoms with van der Waals surface area (Å²) in [5.41, 5.74) is -0.313. The van der Waals surface area contributed by atoms with Crippen molar-refractivity contribution in [3.05, 3.63) is 275 Å². The van der Waals surface area contributed by atoms with Crippen LogP contribution in [0, 0.1) is 11.8 Å². The number of likely N-dealkylation sites (N-methyl/N-ethyl adjacent to an activating group) is 2. The van der Waals surface area contributed by atoms with E-state index in [2.05, 4.69) is 83.4 Å². The van der Waals surface area contributed by atoms with Crippen LogP contribution in [0.25, 0.3) is 0 Å². The Bertz CT molecular complexity index is 4220. The Kier molecular flexibility index (Phi) is 20.8. The van der Waals surface area contributed by atoms with Gasteiger partial charge in [0.2, 0.25) is 0 Å². The number of nitrogens with zero attached hydrogens (tertiary/aromatic N) is 4. The fourth-order valence-corrected chi connectivity index (χ4v) is 32.2. The topological polar surface area (TPSA) is 210 Å². The SMILES string of the molecule is CC(=O)OC[C@@]1(OC(=O)C(C)C)C(=O)N2[C@H]3Nc4ccccc4[C@@]3([C@]34C[C@]5(SSSSC(c6ccccc6)(c6ccccc6)c6ccccc6)C(=O)N(C)[C@](COC(C)=O)(OC(=O)C(C)C)C(=O)N5[C@H]3Nc3ccccc34)C[C@]2(SSSSC(c2ccccc2)(c2ccccc2)c2ccccc2)C(=O)N1C. The molecule has 18 nitrogen and oxygen atoms in total. The number of esters is 4. The van der Waals surface area contributed by atoms with E-state index in [1.54, 1.807) is 49.3 Å². The van der Waals surface area contributed by atoms with Crippen LogP contribution in [-0.4, -0.2) is 128 Å². The van der Waals surface area contributed by atoms with E-state index >= 15 is 19.2 Å². The summed E-state index contributed by atoms with van der Waals surface area (Å²) in [6, 6.07) is 76.0. The molecule has 8 aromatic rings. The van der Waals surface area contributed by atoms with Gasteiger partial charge in [-0.2, -0.15) is 0 Å². The smallest absolute Gasteiger partial charge is 0.311 e. The Morgan fingerprint density at radius 1 is 0.415 bits per heavy atom. The molecule has 6 aliphatic heterocycles. The first-order valence-electron chi connectivity index (χ1n) is 34.5. The van der Waals surface area contributed by atoms with Crippen LogP contribution in [0.3, 0.4) is 0 Å². The molecule has 6 heterocycles. The van der Waals surface area contributed by atoms with Gasteiger partial charge in [0.15, 0.2) is 23.0 Å². The van der Waals surface area contributed by atoms with Gasteiger partial charge in [0.05, 0.1) is 22.7 Å². The van der Waals surface area contributed by atoms with Crippen LogP contribution in [0.2, 0.25) is 0 Å². The molecule has 0 aliphatic carbocycles. The molecule has 4 amide bonds. The maximum atomic E-state index is 17.3. The first-order valence-corrected chi connectivity index (χ1v) is 44.1. The highest BCUT2D eigenvalue weighted by molar-refractivity contribution is 9.26. The zero-order chi connectivity index (χ0) is 74.6. The summed E-state index contributed by atoms with van der Waals surface area (Å²) >= 11 is 0. The molecule has 0 unspecified atom stereocenters. The summed E-state index contributed by atoms with van der Waals surface area (Å²) < 4.78 is 22.7. The number of piperazine rings is 2. The Morgan fingerprint density at radius 2 is 0.689 bits per heavy atom. The Hall–Kier alpha value is -8.08. The third-order valence-corrected chi connectivity index (χ3v) is 35.8. The third kappa shape index (κ3) is 11.8. The van der Waals surface area contributed by atoms with Crippen molar-refractivity contribution in [3.63, 3.8) is 0 Å². The van der Waals surface area contributed by atoms with Crippen molar-refractivity contribution >= 4 is 141 Å². The maximum absolute atomic E-state index is 17.3. The van der Waals surface area contributed by atoms with Crippen LogP contribution >= 0.6 is 82.5 Å². The van der Waals surface area contributed by atoms with E-state index in [1.165, 1.54) is 63.2 Å². The molecule has 0 bridgehead atoms. The van der Waals surface area contributed by atoms with Gasteiger partial charge in [-0.05, 0) is 118 Å². The summed E-state index contributed by atoms with van der Waals surface area (Å²) in [7, 11) is 13.6. The van der Waals surface area contributed by atoms with Gasteiger partial charge in [0, 0.05) is 52.2 Å². The molecule has 6 aliphatic rings. The lowest BCUT2D eigenvalue weighted by Crippen LogP contribution is -2.77. The number of rotatable bonds is 25. The number of ether oxygens (including phenoxy) is 4. The number of hydrogen-bond acceptors (Lipinski definition) is 22. The van der Waals surface area contributed by atoms with E-state index in [4.69, 9.17) is 18.9 Å². The summed E-state index contributed by atoms with van der Waals surface area (Å²) in [5.74, 6) is -8.16. The zero-order valence-corrected chi connectivity index (χ0v) is 65.6. The monoisotopic (exact) mass is 1570 g/mol. The van der Waals surface area contributed by atoms with E-state index in [0.29, 0.717) is 22.5 Å². The van der Waals surface area contributed by atoms with Crippen LogP contribution in [0.4, 0.5) is 11.4 Å². The number of nitrogens with one attached hydrogen (secondary N) is 2. The van der Waals surface area contributed by atoms with Gasteiger partial charge in [0.1, 0.15) is 21.8 Å². The standard InChI is InChI=1S/C80H76N6O12S8/c1-51(2)65(89)97-75(49-95-53(5)87)69(91)85-67-73(61-43-27-29-45-63(61)81-67,47-77(85,71(93)83(75)7)99-103-105-101-79(55-31-15-9-16-32-55,56-33-17-10-18-34-56)57-35-19-11-20-36-57)74-48-78(100-104-106-102-80(58-37-21-12-22-38-58,59-39-23-13-24-40-59)60-41-25-14-26-42-60)72(94)84(8)76(50-96-54(6)88,98-66(90)52(3)4)70(92)86(78)68(74)82-64-46-30-28-44-62(64)74/h9-46,51-52,67-68,81-82H,47-50H2,1-8H3/t67-,68-,73+,74+,75-,76-,77+,78+/m1/s1. The number of amides is 4. The van der Waals surface area contributed by atoms with E-state index < -0.39 is 126 Å². The minimum absolute atomic E-state index is 0.235. The van der Waals surface area contributed by atoms with E-state index in [9.17, 15) is 19.2 Å². The second-order valence-corrected chi connectivity index (χ2v) is 39.9. The largest absolute Gasteiger partial charge is 0.459 e. The molecule has 2 N–H and O–H groups in total. The number of carbonyl (C=O) groups is 8. The highest BCUT2D eigenvalue weighted by Crippen LogP contribution is 2.77. The van der Waals surface area contributed by atoms with Crippen LogP contribution in [0.1, 0.15) is 98.9 Å². The number of fused-ring (bicyclic) bond motifs is 11. The maximum Gasteiger partial charge on any atom is 0.311 e. The Balaban J connectivity index is 0.983. The minimum atomic E-state index is -2.60. The lowest BCUT2D eigenvalue weighted by Gasteiger charge is -2.53. The average Bonchev–Trinajstić information content (AvgIpc) is 1.46. The number of anilines is 2. The van der Waals surface area contributed by atoms with Crippen molar-refractivity contribution in [2.45, 2.75) is 108 Å². The molecule has 106 heavy (non-hydrogen) atoms. The fraction of sp³-hybridized carbons (Fsp3) is 0.300. The van der Waals surface area contributed by atoms with E-state index in [-0.39, 0.29) is 12.8 Å². The summed E-state index contributed by atoms with van der Waals surface area (Å²) in [4.78, 5) is 126. The van der Waals surface area contributed by atoms with Crippen LogP contribution < -0.4 is 10.6 Å². The molecular weight excluding hydrogens is 1490 g/mol. The Morgan fingerprint density at radius 3 is 0.962 bits per heavy atom. The summed E-state index contributed by atoms with van der Waals surface area (Å²) in [6.45, 7) is 6.93. The van der Waals surface area contributed by atoms with Crippen LogP contribution in [0.5, 0.6) is 0 Å². The minimum Gasteiger partial charge on any atom is -0.459 e. The number of para-hydroxylation sites is 2. The first kappa shape index (κ1) is 74.8. The fourth-order valence-electron chi connectivity index (χ4n) is 16.2. The molecule has 4 saturated heterocycles. The number of hydrogen-bond donors (Lipinski definition) is 2. The van der Waals surface area contributed by atoms with Gasteiger partial charge in [-0.1, -0.05) is 268 Å². The molecule has 0 saturated carbocycles. The van der Waals surface area contributed by atoms with Crippen molar-refractivity contribution in [2.24, 2.45) is 11.8 Å². The molecule has 0 radical (unpaired) electrons. The van der Waals surface area contributed by atoms with Gasteiger partial charge >= 0.3 is 35.3 Å². The quantitative estimate of drug-likeness (QED) is 0.0179. The first-order chi connectivity index (χ1) is 51.1. The highest BCUT2D eigenvalue weighted by atomic mass is 33.7. The summed E-state index contributed by atoms with van der Waals surface area (Å²) in [5, 5.41) is 7.61. The predicted molar refractivity (Wildman–Crippen MR) is 425 cm³/mol. The molecule has 0 aromatic heterocycles. The Labute approximate surface area is 646 Å².